The van der Waals surface area contributed by atoms with Gasteiger partial charge in [0.1, 0.15) is 17.3 Å². The summed E-state index contributed by atoms with van der Waals surface area (Å²) in [4.78, 5) is 0. The average molecular weight is 368 g/mol. The molecule has 0 bridgehead atoms. The van der Waals surface area contributed by atoms with Crippen molar-refractivity contribution < 1.29 is 9.15 Å². The van der Waals surface area contributed by atoms with Crippen LogP contribution < -0.4 is 4.74 Å². The molecule has 3 aromatic rings. The molecule has 0 aliphatic heterocycles. The fourth-order valence-electron chi connectivity index (χ4n) is 2.98. The van der Waals surface area contributed by atoms with E-state index >= 15 is 0 Å². The Bertz CT molecular complexity index is 1000. The number of aromatic amines is 1. The molecule has 134 valence electrons. The van der Waals surface area contributed by atoms with Crippen molar-refractivity contribution in [3.63, 3.8) is 0 Å². The number of ether oxygens (including phenoxy) is 1. The molecule has 2 heterocycles. The molecule has 2 aromatic heterocycles. The van der Waals surface area contributed by atoms with E-state index in [2.05, 4.69) is 22.2 Å². The largest absolute Gasteiger partial charge is 0.493 e. The van der Waals surface area contributed by atoms with Crippen LogP contribution in [0.2, 0.25) is 0 Å². The maximum absolute atomic E-state index is 5.87. The Labute approximate surface area is 156 Å². The summed E-state index contributed by atoms with van der Waals surface area (Å²) in [6.45, 7) is 4.75. The number of para-hydroxylation sites is 1. The summed E-state index contributed by atoms with van der Waals surface area (Å²) in [5, 5.41) is 11.6. The molecule has 7 heteroatoms. The molecule has 0 radical (unpaired) electrons. The fraction of sp³-hybridized carbons (Fsp3) is 0.316. The first-order chi connectivity index (χ1) is 12.7. The van der Waals surface area contributed by atoms with Crippen LogP contribution in [0.1, 0.15) is 37.7 Å². The van der Waals surface area contributed by atoms with Crippen molar-refractivity contribution >= 4 is 18.4 Å². The molecule has 6 nitrogen and oxygen atoms in total. The third kappa shape index (κ3) is 3.22. The van der Waals surface area contributed by atoms with E-state index < -0.39 is 0 Å². The molecule has 26 heavy (non-hydrogen) atoms. The van der Waals surface area contributed by atoms with Gasteiger partial charge in [-0.3, -0.25) is 0 Å². The van der Waals surface area contributed by atoms with Crippen LogP contribution in [0.3, 0.4) is 0 Å². The highest BCUT2D eigenvalue weighted by atomic mass is 32.1. The molecule has 0 spiro atoms. The van der Waals surface area contributed by atoms with E-state index in [1.807, 2.05) is 43.3 Å². The van der Waals surface area contributed by atoms with E-state index in [9.17, 15) is 0 Å². The van der Waals surface area contributed by atoms with Crippen molar-refractivity contribution in [3.05, 3.63) is 52.7 Å². The summed E-state index contributed by atoms with van der Waals surface area (Å²) in [5.41, 5.74) is 0.825. The summed E-state index contributed by atoms with van der Waals surface area (Å²) in [6, 6.07) is 11.6. The third-order valence-electron chi connectivity index (χ3n) is 4.50. The first kappa shape index (κ1) is 16.8. The van der Waals surface area contributed by atoms with E-state index in [0.717, 1.165) is 17.1 Å². The molecule has 0 unspecified atom stereocenters. The average Bonchev–Trinajstić information content (AvgIpc) is 3.04. The van der Waals surface area contributed by atoms with Crippen LogP contribution in [0.15, 0.2) is 45.9 Å². The molecular formula is C19H20N4O2S. The van der Waals surface area contributed by atoms with Crippen LogP contribution in [-0.4, -0.2) is 27.7 Å². The van der Waals surface area contributed by atoms with Crippen molar-refractivity contribution in [2.75, 3.05) is 6.61 Å². The van der Waals surface area contributed by atoms with E-state index in [1.54, 1.807) is 10.9 Å². The fourth-order valence-corrected chi connectivity index (χ4v) is 3.16. The van der Waals surface area contributed by atoms with Gasteiger partial charge in [0.2, 0.25) is 4.77 Å². The second-order valence-electron chi connectivity index (χ2n) is 6.40. The van der Waals surface area contributed by atoms with Crippen molar-refractivity contribution in [1.82, 2.24) is 14.9 Å². The van der Waals surface area contributed by atoms with Crippen LogP contribution in [0, 0.1) is 10.7 Å². The first-order valence-corrected chi connectivity index (χ1v) is 9.12. The summed E-state index contributed by atoms with van der Waals surface area (Å²) in [5.74, 6) is 4.31. The van der Waals surface area contributed by atoms with Crippen LogP contribution in [-0.2, 0) is 0 Å². The standard InChI is InChI=1S/C19H20N4O2S/c1-3-24-16-7-5-4-6-14(16)18-21-22-19(26)23(18)20-11-13-8-9-17(25-13)15-10-12(15)2/h4-9,11-12,15H,3,10H2,1-2H3,(H,22,26)/b20-11-/t12-,15+/m0/s1. The van der Waals surface area contributed by atoms with E-state index in [4.69, 9.17) is 21.4 Å². The topological polar surface area (TPSA) is 68.3 Å². The predicted octanol–water partition coefficient (Wildman–Crippen LogP) is 4.60. The number of furan rings is 1. The lowest BCUT2D eigenvalue weighted by Gasteiger charge is -2.08. The Morgan fingerprint density at radius 3 is 2.96 bits per heavy atom. The zero-order valence-corrected chi connectivity index (χ0v) is 15.5. The number of nitrogens with zero attached hydrogens (tertiary/aromatic N) is 3. The number of hydrogen-bond donors (Lipinski definition) is 1. The minimum Gasteiger partial charge on any atom is -0.493 e. The number of nitrogens with one attached hydrogen (secondary N) is 1. The number of rotatable bonds is 6. The van der Waals surface area contributed by atoms with E-state index in [0.29, 0.717) is 34.8 Å². The highest BCUT2D eigenvalue weighted by molar-refractivity contribution is 7.71. The van der Waals surface area contributed by atoms with Crippen LogP contribution in [0.25, 0.3) is 11.4 Å². The van der Waals surface area contributed by atoms with Crippen LogP contribution in [0.4, 0.5) is 0 Å². The number of aromatic nitrogens is 3. The molecule has 1 aliphatic rings. The third-order valence-corrected chi connectivity index (χ3v) is 4.77. The van der Waals surface area contributed by atoms with Gasteiger partial charge in [0.25, 0.3) is 0 Å². The van der Waals surface area contributed by atoms with Gasteiger partial charge in [0.15, 0.2) is 5.82 Å². The van der Waals surface area contributed by atoms with Crippen molar-refractivity contribution in [1.29, 1.82) is 0 Å². The zero-order valence-electron chi connectivity index (χ0n) is 14.7. The second kappa shape index (κ2) is 6.92. The minimum atomic E-state index is 0.408. The number of benzene rings is 1. The number of H-pyrrole nitrogens is 1. The first-order valence-electron chi connectivity index (χ1n) is 8.71. The van der Waals surface area contributed by atoms with Gasteiger partial charge in [-0.2, -0.15) is 14.9 Å². The maximum atomic E-state index is 5.87. The van der Waals surface area contributed by atoms with Crippen molar-refractivity contribution in [3.8, 4) is 17.1 Å². The van der Waals surface area contributed by atoms with Gasteiger partial charge in [0, 0.05) is 5.92 Å². The highest BCUT2D eigenvalue weighted by Crippen LogP contribution is 2.47. The van der Waals surface area contributed by atoms with Gasteiger partial charge < -0.3 is 9.15 Å². The van der Waals surface area contributed by atoms with Gasteiger partial charge in [-0.1, -0.05) is 19.1 Å². The molecule has 1 aliphatic carbocycles. The molecule has 0 amide bonds. The molecule has 4 rings (SSSR count). The molecule has 1 fully saturated rings. The van der Waals surface area contributed by atoms with Gasteiger partial charge >= 0.3 is 0 Å². The maximum Gasteiger partial charge on any atom is 0.216 e. The Morgan fingerprint density at radius 2 is 2.19 bits per heavy atom. The quantitative estimate of drug-likeness (QED) is 0.510. The van der Waals surface area contributed by atoms with E-state index in [-0.39, 0.29) is 0 Å². The molecule has 0 saturated heterocycles. The van der Waals surface area contributed by atoms with Crippen LogP contribution >= 0.6 is 12.2 Å². The van der Waals surface area contributed by atoms with Crippen molar-refractivity contribution in [2.45, 2.75) is 26.2 Å². The lowest BCUT2D eigenvalue weighted by atomic mass is 10.2. The predicted molar refractivity (Wildman–Crippen MR) is 102 cm³/mol. The second-order valence-corrected chi connectivity index (χ2v) is 6.78. The minimum absolute atomic E-state index is 0.408. The summed E-state index contributed by atoms with van der Waals surface area (Å²) in [6.07, 6.45) is 2.85. The number of hydrogen-bond acceptors (Lipinski definition) is 5. The van der Waals surface area contributed by atoms with Gasteiger partial charge in [-0.25, -0.2) is 5.10 Å². The monoisotopic (exact) mass is 368 g/mol. The van der Waals surface area contributed by atoms with Crippen molar-refractivity contribution in [2.24, 2.45) is 11.0 Å². The molecule has 1 aromatic carbocycles. The lowest BCUT2D eigenvalue weighted by molar-refractivity contribution is 0.341. The molecule has 1 saturated carbocycles. The highest BCUT2D eigenvalue weighted by Gasteiger charge is 2.36. The SMILES string of the molecule is CCOc1ccccc1-c1n[nH]c(=S)n1/N=C\c1ccc([C@@H]2C[C@@H]2C)o1. The van der Waals surface area contributed by atoms with E-state index in [1.165, 1.54) is 6.42 Å². The summed E-state index contributed by atoms with van der Waals surface area (Å²) >= 11 is 5.33. The van der Waals surface area contributed by atoms with Gasteiger partial charge in [-0.15, -0.1) is 0 Å². The van der Waals surface area contributed by atoms with Crippen LogP contribution in [0.5, 0.6) is 5.75 Å². The Morgan fingerprint density at radius 1 is 1.38 bits per heavy atom. The zero-order chi connectivity index (χ0) is 18.1. The van der Waals surface area contributed by atoms with Gasteiger partial charge in [0.05, 0.1) is 18.4 Å². The normalized spacial score (nSPS) is 19.2. The smallest absolute Gasteiger partial charge is 0.216 e. The Balaban J connectivity index is 1.65. The Kier molecular flexibility index (Phi) is 4.46. The molecule has 2 atom stereocenters. The summed E-state index contributed by atoms with van der Waals surface area (Å²) < 4.78 is 13.6. The lowest BCUT2D eigenvalue weighted by Crippen LogP contribution is -1.98. The molecular weight excluding hydrogens is 348 g/mol. The Hall–Kier alpha value is -2.67. The molecule has 1 N–H and O–H groups in total. The summed E-state index contributed by atoms with van der Waals surface area (Å²) in [7, 11) is 0. The van der Waals surface area contributed by atoms with Gasteiger partial charge in [-0.05, 0) is 55.7 Å².